The van der Waals surface area contributed by atoms with Crippen LogP contribution in [-0.4, -0.2) is 127 Å². The number of esters is 1. The lowest BCUT2D eigenvalue weighted by Gasteiger charge is -2.46. The molecule has 0 spiro atoms. The average Bonchev–Trinajstić information content (AvgIpc) is 2.99. The first kappa shape index (κ1) is 33.4. The van der Waals surface area contributed by atoms with E-state index in [-0.39, 0.29) is 30.3 Å². The number of phenolic OH excluding ortho intramolecular Hbond substituents is 4. The molecule has 0 aromatic heterocycles. The molecule has 0 unspecified atom stereocenters. The summed E-state index contributed by atoms with van der Waals surface area (Å²) in [5.41, 5.74) is 0.914. The van der Waals surface area contributed by atoms with Gasteiger partial charge in [-0.05, 0) is 54.8 Å². The fourth-order valence-corrected chi connectivity index (χ4v) is 4.76. The van der Waals surface area contributed by atoms with Gasteiger partial charge in [-0.15, -0.1) is 0 Å². The van der Waals surface area contributed by atoms with E-state index in [9.17, 15) is 50.8 Å². The van der Waals surface area contributed by atoms with Gasteiger partial charge in [-0.3, -0.25) is 0 Å². The molecule has 2 aliphatic rings. The van der Waals surface area contributed by atoms with Crippen LogP contribution in [0.5, 0.6) is 23.0 Å². The van der Waals surface area contributed by atoms with E-state index in [4.69, 9.17) is 23.7 Å². The molecule has 0 saturated carbocycles. The minimum absolute atomic E-state index is 0.0754. The number of aliphatic hydroxyl groups is 5. The van der Waals surface area contributed by atoms with Crippen molar-refractivity contribution in [1.29, 1.82) is 0 Å². The number of hydrogen-bond acceptors (Lipinski definition) is 15. The molecule has 15 heteroatoms. The lowest BCUT2D eigenvalue weighted by atomic mass is 9.97. The van der Waals surface area contributed by atoms with Crippen molar-refractivity contribution in [2.45, 2.75) is 74.8 Å². The van der Waals surface area contributed by atoms with Crippen molar-refractivity contribution in [1.82, 2.24) is 0 Å². The first-order chi connectivity index (χ1) is 20.9. The molecule has 2 saturated heterocycles. The number of aromatic hydroxyl groups is 4. The fraction of sp³-hybridized carbons (Fsp3) is 0.483. The Morgan fingerprint density at radius 3 is 2.16 bits per heavy atom. The maximum Gasteiger partial charge on any atom is 0.331 e. The predicted octanol–water partition coefficient (Wildman–Crippen LogP) is -1.02. The number of carbonyl (C=O) groups excluding carboxylic acids is 1. The molecular weight excluding hydrogens is 588 g/mol. The lowest BCUT2D eigenvalue weighted by Crippen LogP contribution is -2.65. The summed E-state index contributed by atoms with van der Waals surface area (Å²) in [5.74, 6) is -2.40. The third kappa shape index (κ3) is 7.76. The van der Waals surface area contributed by atoms with E-state index in [0.717, 1.165) is 6.08 Å². The average molecular weight is 625 g/mol. The molecular formula is C29H36O15. The van der Waals surface area contributed by atoms with E-state index in [1.807, 2.05) is 0 Å². The molecule has 2 fully saturated rings. The molecule has 2 aromatic rings. The Kier molecular flexibility index (Phi) is 11.0. The number of benzene rings is 2. The minimum atomic E-state index is -1.77. The van der Waals surface area contributed by atoms with Gasteiger partial charge in [0, 0.05) is 6.08 Å². The zero-order valence-electron chi connectivity index (χ0n) is 23.5. The molecule has 0 amide bonds. The second-order valence-corrected chi connectivity index (χ2v) is 10.4. The first-order valence-corrected chi connectivity index (χ1v) is 13.7. The van der Waals surface area contributed by atoms with Crippen LogP contribution in [0.3, 0.4) is 0 Å². The van der Waals surface area contributed by atoms with Gasteiger partial charge >= 0.3 is 5.97 Å². The van der Waals surface area contributed by atoms with Crippen LogP contribution in [0.15, 0.2) is 42.5 Å². The Hall–Kier alpha value is -3.51. The summed E-state index contributed by atoms with van der Waals surface area (Å²) < 4.78 is 28.2. The van der Waals surface area contributed by atoms with Gasteiger partial charge in [-0.25, -0.2) is 4.79 Å². The number of rotatable bonds is 10. The van der Waals surface area contributed by atoms with Gasteiger partial charge in [0.15, 0.2) is 41.7 Å². The van der Waals surface area contributed by atoms with Crippen LogP contribution >= 0.6 is 0 Å². The number of hydrogen-bond donors (Lipinski definition) is 9. The SMILES string of the molecule is C[C@H]1O[C@@H](O[C@@H]2[C@@H](O)[C@H](OCCc3ccc(O)c(O)c3)O[C@H](CO)[C@H]2OC(=O)/C=C/c2ccc(O)c(O)c2)[C@H](O)[C@@H](O)[C@@H]1O. The second-order valence-electron chi connectivity index (χ2n) is 10.4. The van der Waals surface area contributed by atoms with E-state index in [0.29, 0.717) is 11.1 Å². The number of phenols is 4. The Balaban J connectivity index is 1.52. The van der Waals surface area contributed by atoms with Gasteiger partial charge in [-0.1, -0.05) is 12.1 Å². The van der Waals surface area contributed by atoms with Crippen molar-refractivity contribution in [2.24, 2.45) is 0 Å². The third-order valence-electron chi connectivity index (χ3n) is 7.27. The molecule has 4 rings (SSSR count). The van der Waals surface area contributed by atoms with E-state index in [2.05, 4.69) is 0 Å². The Morgan fingerprint density at radius 2 is 1.50 bits per heavy atom. The summed E-state index contributed by atoms with van der Waals surface area (Å²) in [6, 6.07) is 7.98. The van der Waals surface area contributed by atoms with E-state index >= 15 is 0 Å². The third-order valence-corrected chi connectivity index (χ3v) is 7.27. The molecule has 2 aromatic carbocycles. The summed E-state index contributed by atoms with van der Waals surface area (Å²) in [6.45, 7) is 0.606. The van der Waals surface area contributed by atoms with Crippen molar-refractivity contribution in [3.05, 3.63) is 53.6 Å². The smallest absolute Gasteiger partial charge is 0.331 e. The molecule has 9 N–H and O–H groups in total. The van der Waals surface area contributed by atoms with Gasteiger partial charge in [0.2, 0.25) is 0 Å². The molecule has 15 nitrogen and oxygen atoms in total. The van der Waals surface area contributed by atoms with Crippen LogP contribution in [0.1, 0.15) is 18.1 Å². The first-order valence-electron chi connectivity index (χ1n) is 13.7. The molecule has 0 bridgehead atoms. The molecule has 0 radical (unpaired) electrons. The molecule has 2 aliphatic heterocycles. The summed E-state index contributed by atoms with van der Waals surface area (Å²) in [6.07, 6.45) is -12.6. The van der Waals surface area contributed by atoms with Crippen molar-refractivity contribution >= 4 is 12.0 Å². The topological polar surface area (TPSA) is 245 Å². The van der Waals surface area contributed by atoms with Crippen molar-refractivity contribution in [2.75, 3.05) is 13.2 Å². The van der Waals surface area contributed by atoms with E-state index in [1.54, 1.807) is 6.07 Å². The summed E-state index contributed by atoms with van der Waals surface area (Å²) >= 11 is 0. The zero-order valence-corrected chi connectivity index (χ0v) is 23.5. The molecule has 242 valence electrons. The molecule has 0 aliphatic carbocycles. The Bertz CT molecular complexity index is 1300. The van der Waals surface area contributed by atoms with E-state index in [1.165, 1.54) is 43.3 Å². The molecule has 10 atom stereocenters. The molecule has 2 heterocycles. The maximum atomic E-state index is 12.8. The number of ether oxygens (including phenoxy) is 5. The fourth-order valence-electron chi connectivity index (χ4n) is 4.76. The highest BCUT2D eigenvalue weighted by atomic mass is 16.7. The maximum absolute atomic E-state index is 12.8. The standard InChI is InChI=1S/C29H36O15/c1-13-22(36)23(37)24(38)29(41-13)44-27-25(39)28(40-9-8-15-3-6-17(32)19(34)11-15)42-20(12-30)26(27)43-21(35)7-4-14-2-5-16(31)18(33)10-14/h2-7,10-11,13,20,22-34,36-39H,8-9,12H2,1H3/b7-4+/t13-,20-,22-,23+,24-,25-,26-,27-,28-,29+/m1/s1. The van der Waals surface area contributed by atoms with Gasteiger partial charge in [0.25, 0.3) is 0 Å². The number of aliphatic hydroxyl groups excluding tert-OH is 5. The van der Waals surface area contributed by atoms with Gasteiger partial charge in [0.05, 0.1) is 19.3 Å². The van der Waals surface area contributed by atoms with Gasteiger partial charge in [0.1, 0.15) is 36.6 Å². The highest BCUT2D eigenvalue weighted by molar-refractivity contribution is 5.87. The van der Waals surface area contributed by atoms with Crippen LogP contribution in [0.2, 0.25) is 0 Å². The molecule has 44 heavy (non-hydrogen) atoms. The lowest BCUT2D eigenvalue weighted by molar-refractivity contribution is -0.357. The van der Waals surface area contributed by atoms with Gasteiger partial charge < -0.3 is 69.6 Å². The van der Waals surface area contributed by atoms with Crippen molar-refractivity contribution in [3.8, 4) is 23.0 Å². The largest absolute Gasteiger partial charge is 0.504 e. The minimum Gasteiger partial charge on any atom is -0.504 e. The monoisotopic (exact) mass is 624 g/mol. The summed E-state index contributed by atoms with van der Waals surface area (Å²) in [4.78, 5) is 12.8. The van der Waals surface area contributed by atoms with Crippen molar-refractivity contribution in [3.63, 3.8) is 0 Å². The highest BCUT2D eigenvalue weighted by Gasteiger charge is 2.52. The van der Waals surface area contributed by atoms with Gasteiger partial charge in [-0.2, -0.15) is 0 Å². The van der Waals surface area contributed by atoms with Crippen LogP contribution in [-0.2, 0) is 34.9 Å². The quantitative estimate of drug-likeness (QED) is 0.0873. The predicted molar refractivity (Wildman–Crippen MR) is 147 cm³/mol. The van der Waals surface area contributed by atoms with Crippen LogP contribution < -0.4 is 0 Å². The van der Waals surface area contributed by atoms with Crippen LogP contribution in [0.4, 0.5) is 0 Å². The number of carbonyl (C=O) groups is 1. The Labute approximate surface area is 251 Å². The van der Waals surface area contributed by atoms with Crippen molar-refractivity contribution < 1.29 is 74.4 Å². The zero-order chi connectivity index (χ0) is 32.1. The highest BCUT2D eigenvalue weighted by Crippen LogP contribution is 2.32. The normalized spacial score (nSPS) is 32.5. The summed E-state index contributed by atoms with van der Waals surface area (Å²) in [7, 11) is 0. The van der Waals surface area contributed by atoms with E-state index < -0.39 is 79.7 Å². The second kappa shape index (κ2) is 14.5. The Morgan fingerprint density at radius 1 is 0.818 bits per heavy atom. The van der Waals surface area contributed by atoms with Crippen LogP contribution in [0.25, 0.3) is 6.08 Å². The summed E-state index contributed by atoms with van der Waals surface area (Å²) in [5, 5.41) is 90.5. The van der Waals surface area contributed by atoms with Crippen LogP contribution in [0, 0.1) is 0 Å².